The average Bonchev–Trinajstić information content (AvgIpc) is 2.85. The zero-order chi connectivity index (χ0) is 25.3. The van der Waals surface area contributed by atoms with E-state index in [1.165, 1.54) is 12.1 Å². The van der Waals surface area contributed by atoms with E-state index in [0.717, 1.165) is 28.1 Å². The second kappa shape index (κ2) is 12.2. The fourth-order valence-electron chi connectivity index (χ4n) is 3.17. The lowest BCUT2D eigenvalue weighted by Crippen LogP contribution is -2.40. The minimum absolute atomic E-state index is 0.235. The van der Waals surface area contributed by atoms with Crippen LogP contribution in [0.1, 0.15) is 24.5 Å². The number of hydrogen-bond acceptors (Lipinski definition) is 5. The molecule has 1 N–H and O–H groups in total. The van der Waals surface area contributed by atoms with E-state index in [0.29, 0.717) is 30.4 Å². The number of sulfonamides is 1. The van der Waals surface area contributed by atoms with Crippen LogP contribution in [-0.4, -0.2) is 33.7 Å². The van der Waals surface area contributed by atoms with Crippen molar-refractivity contribution < 1.29 is 27.1 Å². The van der Waals surface area contributed by atoms with Gasteiger partial charge in [0.25, 0.3) is 0 Å². The van der Waals surface area contributed by atoms with Crippen molar-refractivity contribution in [3.8, 4) is 11.5 Å². The standard InChI is InChI=1S/C26H29FN2O5S/c1-3-16-33-24-14-10-23(11-15-24)29(35(2,31)32)18-26(30)28-17-20-6-12-25(13-7-20)34-19-21-4-8-22(27)9-5-21/h4-15H,3,16-19H2,1-2H3,(H,28,30). The maximum atomic E-state index is 13.0. The van der Waals surface area contributed by atoms with Crippen LogP contribution in [-0.2, 0) is 28.0 Å². The number of nitrogens with zero attached hydrogens (tertiary/aromatic N) is 1. The van der Waals surface area contributed by atoms with Gasteiger partial charge in [-0.25, -0.2) is 12.8 Å². The molecule has 0 fully saturated rings. The molecule has 0 aliphatic carbocycles. The molecule has 0 saturated heterocycles. The lowest BCUT2D eigenvalue weighted by atomic mass is 10.2. The minimum atomic E-state index is -3.67. The van der Waals surface area contributed by atoms with Gasteiger partial charge in [-0.3, -0.25) is 9.10 Å². The Morgan fingerprint density at radius 2 is 1.46 bits per heavy atom. The average molecular weight is 501 g/mol. The number of amides is 1. The number of ether oxygens (including phenoxy) is 2. The quantitative estimate of drug-likeness (QED) is 0.401. The Morgan fingerprint density at radius 3 is 2.06 bits per heavy atom. The molecule has 3 aromatic rings. The second-order valence-corrected chi connectivity index (χ2v) is 9.85. The summed E-state index contributed by atoms with van der Waals surface area (Å²) in [6, 6.07) is 19.8. The van der Waals surface area contributed by atoms with Crippen molar-refractivity contribution in [3.05, 3.63) is 89.7 Å². The lowest BCUT2D eigenvalue weighted by Gasteiger charge is -2.22. The smallest absolute Gasteiger partial charge is 0.241 e. The third kappa shape index (κ3) is 8.29. The molecule has 1 amide bonds. The third-order valence-corrected chi connectivity index (χ3v) is 6.16. The largest absolute Gasteiger partial charge is 0.494 e. The van der Waals surface area contributed by atoms with E-state index in [9.17, 15) is 17.6 Å². The summed E-state index contributed by atoms with van der Waals surface area (Å²) in [5, 5.41) is 2.75. The molecule has 0 spiro atoms. The number of benzene rings is 3. The van der Waals surface area contributed by atoms with Crippen molar-refractivity contribution in [1.82, 2.24) is 5.32 Å². The summed E-state index contributed by atoms with van der Waals surface area (Å²) < 4.78 is 49.8. The SMILES string of the molecule is CCCOc1ccc(N(CC(=O)NCc2ccc(OCc3ccc(F)cc3)cc2)S(C)(=O)=O)cc1. The van der Waals surface area contributed by atoms with Crippen LogP contribution < -0.4 is 19.1 Å². The summed E-state index contributed by atoms with van der Waals surface area (Å²) in [6.45, 7) is 2.77. The van der Waals surface area contributed by atoms with Crippen LogP contribution in [0.2, 0.25) is 0 Å². The van der Waals surface area contributed by atoms with Crippen LogP contribution in [0, 0.1) is 5.82 Å². The zero-order valence-electron chi connectivity index (χ0n) is 19.7. The molecule has 0 saturated carbocycles. The minimum Gasteiger partial charge on any atom is -0.494 e. The molecule has 186 valence electrons. The van der Waals surface area contributed by atoms with Crippen molar-refractivity contribution in [2.24, 2.45) is 0 Å². The Balaban J connectivity index is 1.53. The summed E-state index contributed by atoms with van der Waals surface area (Å²) in [6.07, 6.45) is 1.93. The van der Waals surface area contributed by atoms with Gasteiger partial charge < -0.3 is 14.8 Å². The van der Waals surface area contributed by atoms with E-state index in [-0.39, 0.29) is 18.9 Å². The first-order chi connectivity index (χ1) is 16.7. The van der Waals surface area contributed by atoms with E-state index in [1.54, 1.807) is 48.5 Å². The first-order valence-corrected chi connectivity index (χ1v) is 13.0. The highest BCUT2D eigenvalue weighted by Crippen LogP contribution is 2.22. The van der Waals surface area contributed by atoms with Crippen LogP contribution in [0.5, 0.6) is 11.5 Å². The summed E-state index contributed by atoms with van der Waals surface area (Å²) >= 11 is 0. The molecule has 0 atom stereocenters. The lowest BCUT2D eigenvalue weighted by molar-refractivity contribution is -0.119. The van der Waals surface area contributed by atoms with Gasteiger partial charge in [-0.05, 0) is 66.1 Å². The summed E-state index contributed by atoms with van der Waals surface area (Å²) in [5.41, 5.74) is 2.06. The number of anilines is 1. The van der Waals surface area contributed by atoms with Gasteiger partial charge in [0.15, 0.2) is 0 Å². The highest BCUT2D eigenvalue weighted by atomic mass is 32.2. The van der Waals surface area contributed by atoms with Gasteiger partial charge in [0.05, 0.1) is 18.6 Å². The van der Waals surface area contributed by atoms with Crippen molar-refractivity contribution in [2.45, 2.75) is 26.5 Å². The van der Waals surface area contributed by atoms with Crippen LogP contribution in [0.3, 0.4) is 0 Å². The van der Waals surface area contributed by atoms with E-state index < -0.39 is 15.9 Å². The number of carbonyl (C=O) groups excluding carboxylic acids is 1. The Labute approximate surface area is 205 Å². The van der Waals surface area contributed by atoms with Gasteiger partial charge in [0.2, 0.25) is 15.9 Å². The third-order valence-electron chi connectivity index (χ3n) is 5.02. The summed E-state index contributed by atoms with van der Waals surface area (Å²) in [5.74, 6) is 0.547. The maximum absolute atomic E-state index is 13.0. The normalized spacial score (nSPS) is 11.1. The highest BCUT2D eigenvalue weighted by Gasteiger charge is 2.20. The molecule has 35 heavy (non-hydrogen) atoms. The van der Waals surface area contributed by atoms with Crippen LogP contribution in [0.25, 0.3) is 0 Å². The molecule has 0 radical (unpaired) electrons. The van der Waals surface area contributed by atoms with E-state index in [2.05, 4.69) is 5.32 Å². The number of carbonyl (C=O) groups is 1. The van der Waals surface area contributed by atoms with Crippen LogP contribution >= 0.6 is 0 Å². The fraction of sp³-hybridized carbons (Fsp3) is 0.269. The highest BCUT2D eigenvalue weighted by molar-refractivity contribution is 7.92. The van der Waals surface area contributed by atoms with Crippen molar-refractivity contribution in [2.75, 3.05) is 23.7 Å². The first kappa shape index (κ1) is 26.0. The van der Waals surface area contributed by atoms with Crippen molar-refractivity contribution in [1.29, 1.82) is 0 Å². The molecule has 3 rings (SSSR count). The van der Waals surface area contributed by atoms with E-state index in [1.807, 2.05) is 19.1 Å². The Bertz CT molecular complexity index is 1200. The topological polar surface area (TPSA) is 84.9 Å². The number of nitrogens with one attached hydrogen (secondary N) is 1. The second-order valence-electron chi connectivity index (χ2n) is 7.95. The first-order valence-electron chi connectivity index (χ1n) is 11.2. The Morgan fingerprint density at radius 1 is 0.886 bits per heavy atom. The number of rotatable bonds is 12. The van der Waals surface area contributed by atoms with Gasteiger partial charge in [-0.15, -0.1) is 0 Å². The number of halogens is 1. The number of hydrogen-bond donors (Lipinski definition) is 1. The molecule has 0 aliphatic heterocycles. The fourth-order valence-corrected chi connectivity index (χ4v) is 4.02. The molecule has 0 heterocycles. The maximum Gasteiger partial charge on any atom is 0.241 e. The molecular weight excluding hydrogens is 471 g/mol. The summed E-state index contributed by atoms with van der Waals surface area (Å²) in [7, 11) is -3.67. The van der Waals surface area contributed by atoms with Gasteiger partial charge >= 0.3 is 0 Å². The van der Waals surface area contributed by atoms with Crippen molar-refractivity contribution >= 4 is 21.6 Å². The molecule has 3 aromatic carbocycles. The molecular formula is C26H29FN2O5S. The molecule has 0 aromatic heterocycles. The predicted octanol–water partition coefficient (Wildman–Crippen LogP) is 4.28. The Kier molecular flexibility index (Phi) is 9.08. The molecule has 0 bridgehead atoms. The molecule has 9 heteroatoms. The van der Waals surface area contributed by atoms with E-state index in [4.69, 9.17) is 9.47 Å². The van der Waals surface area contributed by atoms with Gasteiger partial charge in [-0.2, -0.15) is 0 Å². The Hall–Kier alpha value is -3.59. The van der Waals surface area contributed by atoms with Gasteiger partial charge in [0, 0.05) is 6.54 Å². The van der Waals surface area contributed by atoms with E-state index >= 15 is 0 Å². The zero-order valence-corrected chi connectivity index (χ0v) is 20.6. The predicted molar refractivity (Wildman–Crippen MR) is 133 cm³/mol. The molecule has 0 aliphatic rings. The van der Waals surface area contributed by atoms with Crippen LogP contribution in [0.15, 0.2) is 72.8 Å². The monoisotopic (exact) mass is 500 g/mol. The van der Waals surface area contributed by atoms with Gasteiger partial charge in [-0.1, -0.05) is 31.2 Å². The van der Waals surface area contributed by atoms with Crippen molar-refractivity contribution in [3.63, 3.8) is 0 Å². The molecule has 0 unspecified atom stereocenters. The summed E-state index contributed by atoms with van der Waals surface area (Å²) in [4.78, 5) is 12.5. The van der Waals surface area contributed by atoms with Crippen LogP contribution in [0.4, 0.5) is 10.1 Å². The molecule has 7 nitrogen and oxygen atoms in total. The van der Waals surface area contributed by atoms with Gasteiger partial charge in [0.1, 0.15) is 30.5 Å².